The van der Waals surface area contributed by atoms with Gasteiger partial charge < -0.3 is 0 Å². The standard InChI is InChI=1S/C9H11N3/c1-3-8-4-7(2)5-9-11-10-6-12(8)9/h4-6H,3H2,1-2H3. The van der Waals surface area contributed by atoms with Gasteiger partial charge in [0.1, 0.15) is 6.33 Å². The Labute approximate surface area is 71.1 Å². The molecule has 0 spiro atoms. The van der Waals surface area contributed by atoms with Gasteiger partial charge in [-0.25, -0.2) is 0 Å². The predicted molar refractivity (Wildman–Crippen MR) is 47.1 cm³/mol. The minimum absolute atomic E-state index is 0.937. The molecule has 62 valence electrons. The van der Waals surface area contributed by atoms with Crippen LogP contribution in [0.15, 0.2) is 18.5 Å². The fourth-order valence-electron chi connectivity index (χ4n) is 1.41. The number of nitrogens with zero attached hydrogens (tertiary/aromatic N) is 3. The first-order chi connectivity index (χ1) is 5.81. The molecule has 0 radical (unpaired) electrons. The summed E-state index contributed by atoms with van der Waals surface area (Å²) in [7, 11) is 0. The van der Waals surface area contributed by atoms with Gasteiger partial charge in [-0.15, -0.1) is 10.2 Å². The lowest BCUT2D eigenvalue weighted by Crippen LogP contribution is -1.94. The van der Waals surface area contributed by atoms with Gasteiger partial charge in [0.05, 0.1) is 0 Å². The number of fused-ring (bicyclic) bond motifs is 1. The Hall–Kier alpha value is -1.38. The van der Waals surface area contributed by atoms with Crippen LogP contribution < -0.4 is 0 Å². The van der Waals surface area contributed by atoms with Crippen LogP contribution in [0.2, 0.25) is 0 Å². The molecule has 0 saturated heterocycles. The lowest BCUT2D eigenvalue weighted by Gasteiger charge is -2.02. The fourth-order valence-corrected chi connectivity index (χ4v) is 1.41. The van der Waals surface area contributed by atoms with Gasteiger partial charge in [-0.2, -0.15) is 0 Å². The molecule has 0 bridgehead atoms. The average molecular weight is 161 g/mol. The van der Waals surface area contributed by atoms with E-state index in [0.717, 1.165) is 12.1 Å². The number of aromatic nitrogens is 3. The largest absolute Gasteiger partial charge is 0.286 e. The van der Waals surface area contributed by atoms with Crippen molar-refractivity contribution >= 4 is 5.65 Å². The lowest BCUT2D eigenvalue weighted by atomic mass is 10.2. The molecule has 2 rings (SSSR count). The summed E-state index contributed by atoms with van der Waals surface area (Å²) in [6.45, 7) is 4.21. The van der Waals surface area contributed by atoms with E-state index >= 15 is 0 Å². The van der Waals surface area contributed by atoms with Crippen molar-refractivity contribution in [3.05, 3.63) is 29.7 Å². The summed E-state index contributed by atoms with van der Waals surface area (Å²) in [4.78, 5) is 0. The Morgan fingerprint density at radius 2 is 2.25 bits per heavy atom. The van der Waals surface area contributed by atoms with E-state index in [9.17, 15) is 0 Å². The molecule has 0 aliphatic carbocycles. The Bertz CT molecular complexity index is 403. The fraction of sp³-hybridized carbons (Fsp3) is 0.333. The van der Waals surface area contributed by atoms with Crippen molar-refractivity contribution < 1.29 is 0 Å². The zero-order valence-electron chi connectivity index (χ0n) is 7.28. The molecule has 0 N–H and O–H groups in total. The maximum absolute atomic E-state index is 4.00. The third-order valence-electron chi connectivity index (χ3n) is 2.00. The molecular weight excluding hydrogens is 150 g/mol. The third-order valence-corrected chi connectivity index (χ3v) is 2.00. The quantitative estimate of drug-likeness (QED) is 0.636. The van der Waals surface area contributed by atoms with Crippen LogP contribution in [0.4, 0.5) is 0 Å². The minimum Gasteiger partial charge on any atom is -0.286 e. The Balaban J connectivity index is 2.80. The highest BCUT2D eigenvalue weighted by atomic mass is 15.2. The maximum atomic E-state index is 4.00. The van der Waals surface area contributed by atoms with Gasteiger partial charge >= 0.3 is 0 Å². The molecule has 0 aromatic carbocycles. The molecule has 0 amide bonds. The minimum atomic E-state index is 0.937. The highest BCUT2D eigenvalue weighted by molar-refractivity contribution is 5.41. The maximum Gasteiger partial charge on any atom is 0.161 e. The zero-order valence-corrected chi connectivity index (χ0v) is 7.28. The number of hydrogen-bond acceptors (Lipinski definition) is 2. The van der Waals surface area contributed by atoms with Crippen LogP contribution in [-0.2, 0) is 6.42 Å². The highest BCUT2D eigenvalue weighted by Gasteiger charge is 2.00. The molecule has 3 nitrogen and oxygen atoms in total. The van der Waals surface area contributed by atoms with E-state index < -0.39 is 0 Å². The van der Waals surface area contributed by atoms with Crippen molar-refractivity contribution in [2.75, 3.05) is 0 Å². The summed E-state index contributed by atoms with van der Waals surface area (Å²) < 4.78 is 2.02. The smallest absolute Gasteiger partial charge is 0.161 e. The first-order valence-electron chi connectivity index (χ1n) is 4.10. The van der Waals surface area contributed by atoms with E-state index in [1.807, 2.05) is 10.5 Å². The van der Waals surface area contributed by atoms with Crippen LogP contribution in [0, 0.1) is 6.92 Å². The SMILES string of the molecule is CCc1cc(C)cc2nncn12. The van der Waals surface area contributed by atoms with Gasteiger partial charge in [0.15, 0.2) is 5.65 Å². The second-order valence-electron chi connectivity index (χ2n) is 2.94. The Morgan fingerprint density at radius 1 is 1.42 bits per heavy atom. The van der Waals surface area contributed by atoms with Gasteiger partial charge in [-0.3, -0.25) is 4.40 Å². The first-order valence-corrected chi connectivity index (χ1v) is 4.10. The van der Waals surface area contributed by atoms with Crippen molar-refractivity contribution in [2.24, 2.45) is 0 Å². The van der Waals surface area contributed by atoms with Crippen molar-refractivity contribution in [3.63, 3.8) is 0 Å². The molecule has 0 saturated carbocycles. The summed E-state index contributed by atoms with van der Waals surface area (Å²) in [6.07, 6.45) is 2.77. The third kappa shape index (κ3) is 0.978. The Kier molecular flexibility index (Phi) is 1.57. The number of aryl methyl sites for hydroxylation is 2. The van der Waals surface area contributed by atoms with Crippen LogP contribution in [0.3, 0.4) is 0 Å². The van der Waals surface area contributed by atoms with Crippen LogP contribution in [-0.4, -0.2) is 14.6 Å². The summed E-state index contributed by atoms with van der Waals surface area (Å²) in [5, 5.41) is 7.87. The number of pyridine rings is 1. The molecule has 12 heavy (non-hydrogen) atoms. The van der Waals surface area contributed by atoms with Gasteiger partial charge in [0, 0.05) is 5.69 Å². The second-order valence-corrected chi connectivity index (χ2v) is 2.94. The number of hydrogen-bond donors (Lipinski definition) is 0. The molecule has 2 heterocycles. The molecule has 3 heteroatoms. The van der Waals surface area contributed by atoms with Crippen LogP contribution >= 0.6 is 0 Å². The second kappa shape index (κ2) is 2.59. The van der Waals surface area contributed by atoms with E-state index in [4.69, 9.17) is 0 Å². The molecule has 0 atom stereocenters. The summed E-state index contributed by atoms with van der Waals surface area (Å²) in [5.41, 5.74) is 3.44. The van der Waals surface area contributed by atoms with Crippen molar-refractivity contribution in [2.45, 2.75) is 20.3 Å². The molecule has 0 unspecified atom stereocenters. The monoisotopic (exact) mass is 161 g/mol. The molecule has 2 aromatic rings. The van der Waals surface area contributed by atoms with Crippen molar-refractivity contribution in [1.82, 2.24) is 14.6 Å². The molecular formula is C9H11N3. The van der Waals surface area contributed by atoms with E-state index in [1.165, 1.54) is 11.3 Å². The van der Waals surface area contributed by atoms with Crippen molar-refractivity contribution in [1.29, 1.82) is 0 Å². The van der Waals surface area contributed by atoms with Gasteiger partial charge in [-0.05, 0) is 31.0 Å². The van der Waals surface area contributed by atoms with E-state index in [2.05, 4.69) is 30.1 Å². The lowest BCUT2D eigenvalue weighted by molar-refractivity contribution is 0.967. The zero-order chi connectivity index (χ0) is 8.55. The van der Waals surface area contributed by atoms with E-state index in [0.29, 0.717) is 0 Å². The van der Waals surface area contributed by atoms with Crippen LogP contribution in [0.5, 0.6) is 0 Å². The van der Waals surface area contributed by atoms with Crippen LogP contribution in [0.1, 0.15) is 18.2 Å². The van der Waals surface area contributed by atoms with Gasteiger partial charge in [-0.1, -0.05) is 6.92 Å². The summed E-state index contributed by atoms with van der Waals surface area (Å²) in [5.74, 6) is 0. The molecule has 0 aliphatic rings. The molecule has 0 aliphatic heterocycles. The first kappa shape index (κ1) is 7.28. The van der Waals surface area contributed by atoms with Crippen LogP contribution in [0.25, 0.3) is 5.65 Å². The average Bonchev–Trinajstić information content (AvgIpc) is 2.50. The normalized spacial score (nSPS) is 10.8. The molecule has 0 fully saturated rings. The van der Waals surface area contributed by atoms with E-state index in [-0.39, 0.29) is 0 Å². The topological polar surface area (TPSA) is 30.2 Å². The van der Waals surface area contributed by atoms with Gasteiger partial charge in [0.2, 0.25) is 0 Å². The number of rotatable bonds is 1. The summed E-state index contributed by atoms with van der Waals surface area (Å²) in [6, 6.07) is 4.20. The molecule has 2 aromatic heterocycles. The predicted octanol–water partition coefficient (Wildman–Crippen LogP) is 1.60. The van der Waals surface area contributed by atoms with Gasteiger partial charge in [0.25, 0.3) is 0 Å². The van der Waals surface area contributed by atoms with Crippen molar-refractivity contribution in [3.8, 4) is 0 Å². The Morgan fingerprint density at radius 3 is 3.00 bits per heavy atom. The highest BCUT2D eigenvalue weighted by Crippen LogP contribution is 2.08. The summed E-state index contributed by atoms with van der Waals surface area (Å²) >= 11 is 0. The van der Waals surface area contributed by atoms with E-state index in [1.54, 1.807) is 6.33 Å².